The van der Waals surface area contributed by atoms with E-state index in [1.807, 2.05) is 27.2 Å². The predicted octanol–water partition coefficient (Wildman–Crippen LogP) is 19.8. The van der Waals surface area contributed by atoms with Crippen LogP contribution in [0.1, 0.15) is 290 Å². The number of likely N-dealkylation sites (N-methyl/N-ethyl adjacent to an activating group) is 1. The van der Waals surface area contributed by atoms with Gasteiger partial charge in [0.05, 0.1) is 39.9 Å². The summed E-state index contributed by atoms with van der Waals surface area (Å²) in [5.74, 6) is -0.189. The van der Waals surface area contributed by atoms with E-state index < -0.39 is 20.0 Å². The van der Waals surface area contributed by atoms with Crippen molar-refractivity contribution < 1.29 is 32.9 Å². The number of phosphoric acid groups is 1. The average Bonchev–Trinajstić information content (AvgIpc) is 3.37. The Kier molecular flexibility index (Phi) is 55.1. The number of amides is 1. The van der Waals surface area contributed by atoms with Gasteiger partial charge in [-0.15, -0.1) is 0 Å². The van der Waals surface area contributed by atoms with Gasteiger partial charge >= 0.3 is 7.82 Å². The highest BCUT2D eigenvalue weighted by Gasteiger charge is 2.27. The average molecular weight is 1070 g/mol. The Morgan fingerprint density at radius 2 is 0.773 bits per heavy atom. The van der Waals surface area contributed by atoms with Crippen molar-refractivity contribution in [2.45, 2.75) is 302 Å². The molecule has 0 aromatic carbocycles. The molecule has 0 aromatic rings. The van der Waals surface area contributed by atoms with Crippen LogP contribution in [0.2, 0.25) is 0 Å². The highest BCUT2D eigenvalue weighted by molar-refractivity contribution is 7.47. The number of hydrogen-bond donors (Lipinski definition) is 3. The number of nitrogens with zero attached hydrogens (tertiary/aromatic N) is 1. The van der Waals surface area contributed by atoms with E-state index in [0.717, 1.165) is 57.8 Å². The van der Waals surface area contributed by atoms with Gasteiger partial charge in [-0.2, -0.15) is 0 Å². The Balaban J connectivity index is 3.93. The van der Waals surface area contributed by atoms with Gasteiger partial charge in [0.1, 0.15) is 13.2 Å². The summed E-state index contributed by atoms with van der Waals surface area (Å²) >= 11 is 0. The molecule has 0 aliphatic heterocycles. The number of phosphoric ester groups is 1. The standard InChI is InChI=1S/C66H123N2O6P/c1-6-8-10-12-14-16-18-20-22-23-24-25-26-27-28-29-30-31-32-33-34-35-36-37-38-39-40-41-42-43-44-45-46-48-50-52-54-56-58-60-66(70)67-64(63-74-75(71,72)73-62-61-68(3,4)5)65(69)59-57-55-53-51-49-47-21-19-17-15-13-11-9-7-2/h17-20,23-24,26-27,49,51,57,59,64-65,69H,6-16,21-22,25,28-48,50,52-56,58,60-63H2,1-5H3,(H-,67,70,71,72)/p+1/b19-17+,20-18-,24-23-,27-26-,51-49+,59-57+. The van der Waals surface area contributed by atoms with Crippen molar-refractivity contribution >= 4 is 13.7 Å². The number of carbonyl (C=O) groups is 1. The molecule has 0 fully saturated rings. The first-order valence-electron chi connectivity index (χ1n) is 31.8. The summed E-state index contributed by atoms with van der Waals surface area (Å²) in [6.45, 7) is 4.76. The van der Waals surface area contributed by atoms with E-state index in [2.05, 4.69) is 79.9 Å². The molecule has 0 aromatic heterocycles. The Hall–Kier alpha value is -2.06. The summed E-state index contributed by atoms with van der Waals surface area (Å²) in [5, 5.41) is 13.9. The maximum absolute atomic E-state index is 13.0. The molecule has 0 aliphatic carbocycles. The molecule has 8 nitrogen and oxygen atoms in total. The van der Waals surface area contributed by atoms with Crippen molar-refractivity contribution in [2.24, 2.45) is 0 Å². The van der Waals surface area contributed by atoms with Gasteiger partial charge in [-0.05, 0) is 83.5 Å². The van der Waals surface area contributed by atoms with Crippen LogP contribution in [-0.4, -0.2) is 73.4 Å². The molecule has 0 spiro atoms. The first kappa shape index (κ1) is 72.9. The number of nitrogens with one attached hydrogen (secondary N) is 1. The van der Waals surface area contributed by atoms with Crippen molar-refractivity contribution in [3.05, 3.63) is 72.9 Å². The van der Waals surface area contributed by atoms with Gasteiger partial charge in [0, 0.05) is 6.42 Å². The third kappa shape index (κ3) is 59.4. The lowest BCUT2D eigenvalue weighted by Crippen LogP contribution is -2.45. The summed E-state index contributed by atoms with van der Waals surface area (Å²) in [6.07, 6.45) is 79.1. The first-order valence-corrected chi connectivity index (χ1v) is 33.3. The van der Waals surface area contributed by atoms with E-state index in [1.165, 1.54) is 212 Å². The maximum atomic E-state index is 13.0. The lowest BCUT2D eigenvalue weighted by molar-refractivity contribution is -0.870. The van der Waals surface area contributed by atoms with Crippen molar-refractivity contribution in [2.75, 3.05) is 40.9 Å². The molecule has 0 aliphatic rings. The minimum absolute atomic E-state index is 0.0529. The zero-order valence-electron chi connectivity index (χ0n) is 50.0. The van der Waals surface area contributed by atoms with Gasteiger partial charge in [-0.3, -0.25) is 13.8 Å². The molecule has 3 atom stereocenters. The van der Waals surface area contributed by atoms with Crippen LogP contribution >= 0.6 is 7.82 Å². The SMILES string of the molecule is CCCCCC/C=C/CC/C=C/CC/C=C/C(O)C(COP(=O)(O)OCC[N+](C)(C)C)NC(=O)CCCCCCCCCCCCCCCCCCCCCCCCCC/C=C\C/C=C\C/C=C\CCCCCCC. The Bertz CT molecular complexity index is 1450. The number of aliphatic hydroxyl groups is 1. The van der Waals surface area contributed by atoms with Crippen LogP contribution in [-0.2, 0) is 18.4 Å². The van der Waals surface area contributed by atoms with E-state index in [4.69, 9.17) is 9.05 Å². The third-order valence-corrected chi connectivity index (χ3v) is 15.1. The molecule has 1 amide bonds. The minimum atomic E-state index is -4.36. The molecule has 0 bridgehead atoms. The number of rotatable bonds is 58. The summed E-state index contributed by atoms with van der Waals surface area (Å²) in [7, 11) is 1.55. The van der Waals surface area contributed by atoms with Gasteiger partial charge < -0.3 is 19.8 Å². The molecule has 0 saturated heterocycles. The van der Waals surface area contributed by atoms with Crippen molar-refractivity contribution in [3.63, 3.8) is 0 Å². The van der Waals surface area contributed by atoms with Crippen molar-refractivity contribution in [1.82, 2.24) is 5.32 Å². The molecule has 3 N–H and O–H groups in total. The lowest BCUT2D eigenvalue weighted by atomic mass is 10.0. The summed E-state index contributed by atoms with van der Waals surface area (Å²) < 4.78 is 23.7. The molecule has 0 heterocycles. The van der Waals surface area contributed by atoms with Gasteiger partial charge in [-0.1, -0.05) is 273 Å². The zero-order valence-corrected chi connectivity index (χ0v) is 50.9. The number of unbranched alkanes of at least 4 members (excludes halogenated alkanes) is 35. The molecule has 438 valence electrons. The van der Waals surface area contributed by atoms with Gasteiger partial charge in [0.25, 0.3) is 0 Å². The van der Waals surface area contributed by atoms with Gasteiger partial charge in [0.15, 0.2) is 0 Å². The van der Waals surface area contributed by atoms with E-state index in [-0.39, 0.29) is 19.1 Å². The van der Waals surface area contributed by atoms with Crippen LogP contribution < -0.4 is 5.32 Å². The summed E-state index contributed by atoms with van der Waals surface area (Å²) in [6, 6.07) is -0.870. The van der Waals surface area contributed by atoms with Crippen LogP contribution in [0.5, 0.6) is 0 Å². The lowest BCUT2D eigenvalue weighted by Gasteiger charge is -2.25. The number of carbonyl (C=O) groups excluding carboxylic acids is 1. The Morgan fingerprint density at radius 3 is 1.17 bits per heavy atom. The van der Waals surface area contributed by atoms with E-state index >= 15 is 0 Å². The van der Waals surface area contributed by atoms with Crippen molar-refractivity contribution in [1.29, 1.82) is 0 Å². The predicted molar refractivity (Wildman–Crippen MR) is 327 cm³/mol. The summed E-state index contributed by atoms with van der Waals surface area (Å²) in [5.41, 5.74) is 0. The number of quaternary nitrogens is 1. The fourth-order valence-electron chi connectivity index (χ4n) is 9.14. The molecule has 0 rings (SSSR count). The van der Waals surface area contributed by atoms with Gasteiger partial charge in [0.2, 0.25) is 5.91 Å². The highest BCUT2D eigenvalue weighted by Crippen LogP contribution is 2.43. The molecule has 0 radical (unpaired) electrons. The first-order chi connectivity index (χ1) is 36.5. The molecular weight excluding hydrogens is 948 g/mol. The van der Waals surface area contributed by atoms with E-state index in [1.54, 1.807) is 6.08 Å². The fourth-order valence-corrected chi connectivity index (χ4v) is 9.88. The van der Waals surface area contributed by atoms with Crippen molar-refractivity contribution in [3.8, 4) is 0 Å². The fraction of sp³-hybridized carbons (Fsp3) is 0.803. The van der Waals surface area contributed by atoms with Crippen LogP contribution in [0.3, 0.4) is 0 Å². The second-order valence-electron chi connectivity index (χ2n) is 22.8. The Morgan fingerprint density at radius 1 is 0.453 bits per heavy atom. The monoisotopic (exact) mass is 1070 g/mol. The highest BCUT2D eigenvalue weighted by atomic mass is 31.2. The molecule has 75 heavy (non-hydrogen) atoms. The van der Waals surface area contributed by atoms with Crippen LogP contribution in [0.25, 0.3) is 0 Å². The smallest absolute Gasteiger partial charge is 0.387 e. The minimum Gasteiger partial charge on any atom is -0.387 e. The van der Waals surface area contributed by atoms with E-state index in [0.29, 0.717) is 17.4 Å². The normalized spacial score (nSPS) is 14.3. The molecule has 0 saturated carbocycles. The van der Waals surface area contributed by atoms with Crippen LogP contribution in [0.4, 0.5) is 0 Å². The summed E-state index contributed by atoms with van der Waals surface area (Å²) in [4.78, 5) is 23.3. The number of aliphatic hydroxyl groups excluding tert-OH is 1. The quantitative estimate of drug-likeness (QED) is 0.0243. The number of hydrogen-bond acceptors (Lipinski definition) is 5. The molecular formula is C66H124N2O6P+. The van der Waals surface area contributed by atoms with E-state index in [9.17, 15) is 19.4 Å². The van der Waals surface area contributed by atoms with Gasteiger partial charge in [-0.25, -0.2) is 4.57 Å². The maximum Gasteiger partial charge on any atom is 0.472 e. The second-order valence-corrected chi connectivity index (χ2v) is 24.2. The molecule has 3 unspecified atom stereocenters. The van der Waals surface area contributed by atoms with Crippen LogP contribution in [0.15, 0.2) is 72.9 Å². The number of allylic oxidation sites excluding steroid dienone is 11. The second kappa shape index (κ2) is 56.7. The largest absolute Gasteiger partial charge is 0.472 e. The molecule has 9 heteroatoms. The topological polar surface area (TPSA) is 105 Å². The van der Waals surface area contributed by atoms with Crippen LogP contribution in [0, 0.1) is 0 Å². The zero-order chi connectivity index (χ0) is 54.9. The Labute approximate surface area is 465 Å². The third-order valence-electron chi connectivity index (χ3n) is 14.1.